The molecule has 0 amide bonds. The number of methoxy groups -OCH3 is 1. The number of halogens is 1. The predicted molar refractivity (Wildman–Crippen MR) is 107 cm³/mol. The van der Waals surface area contributed by atoms with E-state index in [2.05, 4.69) is 15.3 Å². The van der Waals surface area contributed by atoms with Crippen LogP contribution < -0.4 is 15.6 Å². The fourth-order valence-electron chi connectivity index (χ4n) is 2.97. The Morgan fingerprint density at radius 1 is 1.26 bits per heavy atom. The third-order valence-electron chi connectivity index (χ3n) is 4.35. The zero-order chi connectivity index (χ0) is 18.8. The second-order valence-corrected chi connectivity index (χ2v) is 6.45. The van der Waals surface area contributed by atoms with Gasteiger partial charge < -0.3 is 19.6 Å². The topological polar surface area (TPSA) is 71.9 Å². The number of nitrogens with one attached hydrogen (secondary N) is 2. The summed E-state index contributed by atoms with van der Waals surface area (Å²) in [6, 6.07) is 13.2. The molecular weight excluding hydrogens is 364 g/mol. The lowest BCUT2D eigenvalue weighted by Crippen LogP contribution is -2.15. The van der Waals surface area contributed by atoms with E-state index in [4.69, 9.17) is 16.3 Å². The monoisotopic (exact) mass is 380 g/mol. The van der Waals surface area contributed by atoms with Crippen LogP contribution in [0.3, 0.4) is 0 Å². The average Bonchev–Trinajstić information content (AvgIpc) is 3.21. The zero-order valence-electron chi connectivity index (χ0n) is 14.6. The number of fused-ring (bicyclic) bond motifs is 1. The number of imidazole rings is 1. The Balaban J connectivity index is 1.59. The molecule has 4 rings (SSSR count). The van der Waals surface area contributed by atoms with Crippen LogP contribution in [-0.4, -0.2) is 21.6 Å². The summed E-state index contributed by atoms with van der Waals surface area (Å²) in [6.07, 6.45) is 5.28. The minimum absolute atomic E-state index is 0.162. The maximum atomic E-state index is 12.4. The molecule has 2 aromatic heterocycles. The quantitative estimate of drug-likeness (QED) is 0.549. The van der Waals surface area contributed by atoms with E-state index in [0.29, 0.717) is 28.4 Å². The first kappa shape index (κ1) is 17.2. The van der Waals surface area contributed by atoms with Crippen LogP contribution in [-0.2, 0) is 6.54 Å². The number of para-hydroxylation sites is 1. The Morgan fingerprint density at radius 3 is 2.93 bits per heavy atom. The number of rotatable bonds is 5. The van der Waals surface area contributed by atoms with Gasteiger partial charge in [0, 0.05) is 41.6 Å². The normalized spacial score (nSPS) is 10.9. The summed E-state index contributed by atoms with van der Waals surface area (Å²) < 4.78 is 7.36. The maximum Gasteiger partial charge on any atom is 0.253 e. The molecule has 0 saturated heterocycles. The van der Waals surface area contributed by atoms with Gasteiger partial charge >= 0.3 is 0 Å². The molecule has 0 radical (unpaired) electrons. The maximum absolute atomic E-state index is 12.4. The molecule has 0 saturated carbocycles. The molecule has 0 fully saturated rings. The number of aromatic nitrogens is 3. The van der Waals surface area contributed by atoms with Gasteiger partial charge in [-0.05, 0) is 24.3 Å². The molecule has 7 heteroatoms. The van der Waals surface area contributed by atoms with Gasteiger partial charge in [0.2, 0.25) is 0 Å². The van der Waals surface area contributed by atoms with Gasteiger partial charge in [-0.2, -0.15) is 0 Å². The first-order valence-electron chi connectivity index (χ1n) is 8.36. The van der Waals surface area contributed by atoms with Gasteiger partial charge in [0.25, 0.3) is 5.56 Å². The third kappa shape index (κ3) is 3.39. The summed E-state index contributed by atoms with van der Waals surface area (Å²) in [5.41, 5.74) is 2.85. The molecule has 0 aliphatic rings. The molecule has 2 N–H and O–H groups in total. The summed E-state index contributed by atoms with van der Waals surface area (Å²) >= 11 is 6.14. The fraction of sp³-hybridized carbons (Fsp3) is 0.100. The lowest BCUT2D eigenvalue weighted by atomic mass is 10.1. The van der Waals surface area contributed by atoms with Crippen molar-refractivity contribution in [1.82, 2.24) is 14.5 Å². The second kappa shape index (κ2) is 7.17. The first-order valence-corrected chi connectivity index (χ1v) is 8.74. The van der Waals surface area contributed by atoms with Crippen LogP contribution in [0.5, 0.6) is 5.75 Å². The minimum Gasteiger partial charge on any atom is -0.494 e. The summed E-state index contributed by atoms with van der Waals surface area (Å²) in [5, 5.41) is 4.70. The number of anilines is 1. The van der Waals surface area contributed by atoms with E-state index in [-0.39, 0.29) is 5.56 Å². The molecule has 0 aliphatic heterocycles. The SMILES string of the molecule is COc1cc(NCc2cc3cccc(Cl)c3[nH]c2=O)ccc1-n1ccnc1. The van der Waals surface area contributed by atoms with Crippen molar-refractivity contribution in [1.29, 1.82) is 0 Å². The highest BCUT2D eigenvalue weighted by atomic mass is 35.5. The highest BCUT2D eigenvalue weighted by Gasteiger charge is 2.08. The highest BCUT2D eigenvalue weighted by molar-refractivity contribution is 6.35. The van der Waals surface area contributed by atoms with E-state index in [1.165, 1.54) is 0 Å². The zero-order valence-corrected chi connectivity index (χ0v) is 15.3. The number of hydrogen-bond donors (Lipinski definition) is 2. The summed E-state index contributed by atoms with van der Waals surface area (Å²) in [7, 11) is 1.62. The van der Waals surface area contributed by atoms with E-state index in [1.54, 1.807) is 25.7 Å². The number of aromatic amines is 1. The Kier molecular flexibility index (Phi) is 4.56. The van der Waals surface area contributed by atoms with Gasteiger partial charge in [-0.15, -0.1) is 0 Å². The Morgan fingerprint density at radius 2 is 2.15 bits per heavy atom. The van der Waals surface area contributed by atoms with Crippen molar-refractivity contribution in [2.75, 3.05) is 12.4 Å². The predicted octanol–water partition coefficient (Wildman–Crippen LogP) is 3.99. The molecule has 0 aliphatic carbocycles. The van der Waals surface area contributed by atoms with Crippen LogP contribution in [0.4, 0.5) is 5.69 Å². The molecule has 2 aromatic carbocycles. The van der Waals surface area contributed by atoms with Gasteiger partial charge in [0.15, 0.2) is 0 Å². The first-order chi connectivity index (χ1) is 13.2. The van der Waals surface area contributed by atoms with Crippen LogP contribution in [0.1, 0.15) is 5.56 Å². The van der Waals surface area contributed by atoms with Crippen molar-refractivity contribution in [3.63, 3.8) is 0 Å². The molecule has 0 atom stereocenters. The van der Waals surface area contributed by atoms with E-state index >= 15 is 0 Å². The van der Waals surface area contributed by atoms with Crippen molar-refractivity contribution in [3.8, 4) is 11.4 Å². The van der Waals surface area contributed by atoms with Gasteiger partial charge in [-0.25, -0.2) is 4.98 Å². The van der Waals surface area contributed by atoms with Gasteiger partial charge in [-0.3, -0.25) is 4.79 Å². The Labute approximate surface area is 160 Å². The van der Waals surface area contributed by atoms with Crippen LogP contribution in [0, 0.1) is 0 Å². The average molecular weight is 381 g/mol. The number of nitrogens with zero attached hydrogens (tertiary/aromatic N) is 2. The van der Waals surface area contributed by atoms with Crippen molar-refractivity contribution in [2.45, 2.75) is 6.54 Å². The molecule has 6 nitrogen and oxygen atoms in total. The van der Waals surface area contributed by atoms with Crippen LogP contribution in [0.2, 0.25) is 5.02 Å². The molecule has 0 bridgehead atoms. The lowest BCUT2D eigenvalue weighted by molar-refractivity contribution is 0.413. The van der Waals surface area contributed by atoms with E-state index in [1.807, 2.05) is 47.2 Å². The van der Waals surface area contributed by atoms with E-state index < -0.39 is 0 Å². The molecule has 2 heterocycles. The summed E-state index contributed by atoms with van der Waals surface area (Å²) in [4.78, 5) is 19.3. The van der Waals surface area contributed by atoms with Crippen LogP contribution in [0.25, 0.3) is 16.6 Å². The highest BCUT2D eigenvalue weighted by Crippen LogP contribution is 2.27. The molecule has 4 aromatic rings. The minimum atomic E-state index is -0.162. The number of benzene rings is 2. The number of hydrogen-bond acceptors (Lipinski definition) is 4. The molecule has 136 valence electrons. The molecule has 27 heavy (non-hydrogen) atoms. The fourth-order valence-corrected chi connectivity index (χ4v) is 3.20. The Bertz CT molecular complexity index is 1150. The smallest absolute Gasteiger partial charge is 0.253 e. The van der Waals surface area contributed by atoms with Gasteiger partial charge in [-0.1, -0.05) is 23.7 Å². The van der Waals surface area contributed by atoms with Crippen molar-refractivity contribution in [3.05, 3.63) is 82.1 Å². The second-order valence-electron chi connectivity index (χ2n) is 6.04. The summed E-state index contributed by atoms with van der Waals surface area (Å²) in [5.74, 6) is 0.706. The number of ether oxygens (including phenoxy) is 1. The van der Waals surface area contributed by atoms with Crippen LogP contribution in [0.15, 0.2) is 66.0 Å². The summed E-state index contributed by atoms with van der Waals surface area (Å²) in [6.45, 7) is 0.380. The van der Waals surface area contributed by atoms with E-state index in [0.717, 1.165) is 16.8 Å². The van der Waals surface area contributed by atoms with Gasteiger partial charge in [0.1, 0.15) is 5.75 Å². The molecular formula is C20H17ClN4O2. The molecule has 0 spiro atoms. The largest absolute Gasteiger partial charge is 0.494 e. The molecule has 0 unspecified atom stereocenters. The van der Waals surface area contributed by atoms with Crippen molar-refractivity contribution in [2.24, 2.45) is 0 Å². The third-order valence-corrected chi connectivity index (χ3v) is 4.67. The Hall–Kier alpha value is -3.25. The number of H-pyrrole nitrogens is 1. The van der Waals surface area contributed by atoms with Crippen molar-refractivity contribution >= 4 is 28.2 Å². The van der Waals surface area contributed by atoms with Crippen LogP contribution >= 0.6 is 11.6 Å². The number of pyridine rings is 1. The van der Waals surface area contributed by atoms with E-state index in [9.17, 15) is 4.79 Å². The lowest BCUT2D eigenvalue weighted by Gasteiger charge is -2.13. The van der Waals surface area contributed by atoms with Crippen molar-refractivity contribution < 1.29 is 4.74 Å². The standard InChI is InChI=1S/C20H17ClN4O2/c1-27-18-10-15(5-6-17(18)25-8-7-22-12-25)23-11-14-9-13-3-2-4-16(21)19(13)24-20(14)26/h2-10,12,23H,11H2,1H3,(H,24,26). The van der Waals surface area contributed by atoms with Gasteiger partial charge in [0.05, 0.1) is 29.7 Å².